The molecule has 0 atom stereocenters. The van der Waals surface area contributed by atoms with Crippen molar-refractivity contribution in [2.45, 2.75) is 6.92 Å². The maximum Gasteiger partial charge on any atom is 0.263 e. The third kappa shape index (κ3) is 2.88. The molecular formula is C14H12BrNO3. The average Bonchev–Trinajstić information content (AvgIpc) is 2.33. The summed E-state index contributed by atoms with van der Waals surface area (Å²) < 4.78 is 0.829. The van der Waals surface area contributed by atoms with E-state index in [1.807, 2.05) is 19.1 Å². The van der Waals surface area contributed by atoms with E-state index in [2.05, 4.69) is 21.2 Å². The number of benzene rings is 2. The van der Waals surface area contributed by atoms with Crippen LogP contribution in [0.3, 0.4) is 0 Å². The number of hydrogen-bond acceptors (Lipinski definition) is 3. The van der Waals surface area contributed by atoms with Gasteiger partial charge in [0.2, 0.25) is 0 Å². The molecule has 0 saturated heterocycles. The Bertz CT molecular complexity index is 620. The van der Waals surface area contributed by atoms with E-state index in [4.69, 9.17) is 0 Å². The van der Waals surface area contributed by atoms with Crippen molar-refractivity contribution in [2.75, 3.05) is 5.32 Å². The summed E-state index contributed by atoms with van der Waals surface area (Å²) in [7, 11) is 0. The van der Waals surface area contributed by atoms with Crippen LogP contribution in [-0.4, -0.2) is 16.1 Å². The Labute approximate surface area is 118 Å². The predicted octanol–water partition coefficient (Wildman–Crippen LogP) is 3.42. The molecule has 4 nitrogen and oxygen atoms in total. The Morgan fingerprint density at radius 2 is 1.79 bits per heavy atom. The third-order valence-corrected chi connectivity index (χ3v) is 3.19. The van der Waals surface area contributed by atoms with E-state index in [1.54, 1.807) is 6.07 Å². The van der Waals surface area contributed by atoms with Crippen molar-refractivity contribution in [3.8, 4) is 11.5 Å². The number of carbonyl (C=O) groups is 1. The Morgan fingerprint density at radius 3 is 2.42 bits per heavy atom. The number of halogens is 1. The van der Waals surface area contributed by atoms with E-state index in [-0.39, 0.29) is 17.1 Å². The number of rotatable bonds is 2. The number of amides is 1. The average molecular weight is 322 g/mol. The van der Waals surface area contributed by atoms with Crippen molar-refractivity contribution < 1.29 is 15.0 Å². The lowest BCUT2D eigenvalue weighted by atomic mass is 10.1. The number of phenolic OH excluding ortho intramolecular Hbond substituents is 2. The third-order valence-electron chi connectivity index (χ3n) is 2.70. The van der Waals surface area contributed by atoms with Crippen LogP contribution in [0.15, 0.2) is 40.9 Å². The molecule has 98 valence electrons. The molecule has 0 radical (unpaired) electrons. The molecular weight excluding hydrogens is 310 g/mol. The van der Waals surface area contributed by atoms with Crippen molar-refractivity contribution in [1.29, 1.82) is 0 Å². The highest BCUT2D eigenvalue weighted by atomic mass is 79.9. The lowest BCUT2D eigenvalue weighted by Gasteiger charge is -2.10. The van der Waals surface area contributed by atoms with Gasteiger partial charge in [-0.3, -0.25) is 4.79 Å². The minimum absolute atomic E-state index is 0.137. The summed E-state index contributed by atoms with van der Waals surface area (Å²) in [4.78, 5) is 12.1. The van der Waals surface area contributed by atoms with Crippen molar-refractivity contribution in [3.63, 3.8) is 0 Å². The summed E-state index contributed by atoms with van der Waals surface area (Å²) in [5.41, 5.74) is 1.36. The van der Waals surface area contributed by atoms with E-state index in [0.29, 0.717) is 5.69 Å². The van der Waals surface area contributed by atoms with Gasteiger partial charge in [-0.15, -0.1) is 0 Å². The van der Waals surface area contributed by atoms with Crippen LogP contribution in [0, 0.1) is 6.92 Å². The van der Waals surface area contributed by atoms with Gasteiger partial charge in [0.1, 0.15) is 17.1 Å². The largest absolute Gasteiger partial charge is 0.507 e. The molecule has 0 heterocycles. The standard InChI is InChI=1S/C14H12BrNO3/c1-8-5-6-9(15)7-10(8)16-14(19)13-11(17)3-2-4-12(13)18/h2-7,17-18H,1H3,(H,16,19). The van der Waals surface area contributed by atoms with Crippen molar-refractivity contribution in [2.24, 2.45) is 0 Å². The van der Waals surface area contributed by atoms with Gasteiger partial charge in [0, 0.05) is 10.2 Å². The molecule has 0 aliphatic carbocycles. The molecule has 0 aliphatic heterocycles. The zero-order chi connectivity index (χ0) is 14.0. The minimum Gasteiger partial charge on any atom is -0.507 e. The second-order valence-corrected chi connectivity index (χ2v) is 5.00. The van der Waals surface area contributed by atoms with Crippen molar-refractivity contribution in [3.05, 3.63) is 52.0 Å². The molecule has 0 spiro atoms. The van der Waals surface area contributed by atoms with Gasteiger partial charge in [0.25, 0.3) is 5.91 Å². The van der Waals surface area contributed by atoms with Gasteiger partial charge in [0.15, 0.2) is 0 Å². The van der Waals surface area contributed by atoms with Crippen LogP contribution in [0.5, 0.6) is 11.5 Å². The fourth-order valence-electron chi connectivity index (χ4n) is 1.67. The van der Waals surface area contributed by atoms with Crippen molar-refractivity contribution >= 4 is 27.5 Å². The smallest absolute Gasteiger partial charge is 0.263 e. The molecule has 2 aromatic rings. The number of aryl methyl sites for hydroxylation is 1. The zero-order valence-electron chi connectivity index (χ0n) is 10.1. The summed E-state index contributed by atoms with van der Waals surface area (Å²) in [6.07, 6.45) is 0. The number of phenols is 2. The quantitative estimate of drug-likeness (QED) is 0.793. The first-order valence-corrected chi connectivity index (χ1v) is 6.37. The number of aromatic hydroxyl groups is 2. The number of hydrogen-bond donors (Lipinski definition) is 3. The van der Waals surface area contributed by atoms with Gasteiger partial charge in [-0.25, -0.2) is 0 Å². The number of nitrogens with one attached hydrogen (secondary N) is 1. The van der Waals surface area contributed by atoms with Crippen LogP contribution in [0.1, 0.15) is 15.9 Å². The van der Waals surface area contributed by atoms with Gasteiger partial charge >= 0.3 is 0 Å². The minimum atomic E-state index is -0.559. The van der Waals surface area contributed by atoms with Gasteiger partial charge in [0.05, 0.1) is 0 Å². The van der Waals surface area contributed by atoms with Gasteiger partial charge < -0.3 is 15.5 Å². The maximum absolute atomic E-state index is 12.1. The molecule has 2 aromatic carbocycles. The highest BCUT2D eigenvalue weighted by Gasteiger charge is 2.16. The first-order valence-electron chi connectivity index (χ1n) is 5.57. The first kappa shape index (κ1) is 13.4. The molecule has 1 amide bonds. The summed E-state index contributed by atoms with van der Waals surface area (Å²) in [5.74, 6) is -1.08. The highest BCUT2D eigenvalue weighted by Crippen LogP contribution is 2.28. The van der Waals surface area contributed by atoms with E-state index in [9.17, 15) is 15.0 Å². The molecule has 5 heteroatoms. The molecule has 0 unspecified atom stereocenters. The normalized spacial score (nSPS) is 10.2. The van der Waals surface area contributed by atoms with Gasteiger partial charge in [-0.05, 0) is 36.8 Å². The van der Waals surface area contributed by atoms with E-state index in [1.165, 1.54) is 18.2 Å². The second-order valence-electron chi connectivity index (χ2n) is 4.08. The Morgan fingerprint density at radius 1 is 1.16 bits per heavy atom. The predicted molar refractivity (Wildman–Crippen MR) is 76.6 cm³/mol. The Balaban J connectivity index is 2.34. The van der Waals surface area contributed by atoms with Crippen LogP contribution < -0.4 is 5.32 Å². The summed E-state index contributed by atoms with van der Waals surface area (Å²) in [6.45, 7) is 1.85. The Kier molecular flexibility index (Phi) is 3.76. The fraction of sp³-hybridized carbons (Fsp3) is 0.0714. The van der Waals surface area contributed by atoms with Gasteiger partial charge in [-0.2, -0.15) is 0 Å². The fourth-order valence-corrected chi connectivity index (χ4v) is 2.04. The lowest BCUT2D eigenvalue weighted by molar-refractivity contribution is 0.102. The van der Waals surface area contributed by atoms with Crippen LogP contribution in [-0.2, 0) is 0 Å². The Hall–Kier alpha value is -2.01. The molecule has 3 N–H and O–H groups in total. The molecule has 0 aliphatic rings. The molecule has 0 saturated carbocycles. The van der Waals surface area contributed by atoms with Crippen LogP contribution in [0.25, 0.3) is 0 Å². The van der Waals surface area contributed by atoms with E-state index < -0.39 is 5.91 Å². The van der Waals surface area contributed by atoms with Gasteiger partial charge in [-0.1, -0.05) is 28.1 Å². The molecule has 0 aromatic heterocycles. The maximum atomic E-state index is 12.1. The second kappa shape index (κ2) is 5.32. The first-order chi connectivity index (χ1) is 8.99. The molecule has 0 fully saturated rings. The SMILES string of the molecule is Cc1ccc(Br)cc1NC(=O)c1c(O)cccc1O. The lowest BCUT2D eigenvalue weighted by Crippen LogP contribution is -2.13. The van der Waals surface area contributed by atoms with E-state index >= 15 is 0 Å². The number of anilines is 1. The van der Waals surface area contributed by atoms with Crippen LogP contribution >= 0.6 is 15.9 Å². The summed E-state index contributed by atoms with van der Waals surface area (Å²) >= 11 is 3.32. The zero-order valence-corrected chi connectivity index (χ0v) is 11.7. The molecule has 0 bridgehead atoms. The monoisotopic (exact) mass is 321 g/mol. The highest BCUT2D eigenvalue weighted by molar-refractivity contribution is 9.10. The van der Waals surface area contributed by atoms with Crippen LogP contribution in [0.4, 0.5) is 5.69 Å². The number of carbonyl (C=O) groups excluding carboxylic acids is 1. The van der Waals surface area contributed by atoms with Crippen LogP contribution in [0.2, 0.25) is 0 Å². The van der Waals surface area contributed by atoms with E-state index in [0.717, 1.165) is 10.0 Å². The molecule has 19 heavy (non-hydrogen) atoms. The molecule has 2 rings (SSSR count). The van der Waals surface area contributed by atoms with Crippen molar-refractivity contribution in [1.82, 2.24) is 0 Å². The topological polar surface area (TPSA) is 69.6 Å². The summed E-state index contributed by atoms with van der Waals surface area (Å²) in [5, 5.41) is 21.9. The summed E-state index contributed by atoms with van der Waals surface area (Å²) in [6, 6.07) is 9.63.